The molecule has 1 unspecified atom stereocenters. The van der Waals surface area contributed by atoms with Gasteiger partial charge in [-0.25, -0.2) is 4.79 Å². The quantitative estimate of drug-likeness (QED) is 0.533. The van der Waals surface area contributed by atoms with Crippen LogP contribution < -0.4 is 9.47 Å². The topological polar surface area (TPSA) is 44.8 Å². The summed E-state index contributed by atoms with van der Waals surface area (Å²) in [6.45, 7) is 2.69. The van der Waals surface area contributed by atoms with Gasteiger partial charge in [-0.15, -0.1) is 0 Å². The van der Waals surface area contributed by atoms with E-state index in [9.17, 15) is 4.79 Å². The van der Waals surface area contributed by atoms with Crippen LogP contribution in [0, 0.1) is 5.92 Å². The van der Waals surface area contributed by atoms with Crippen LogP contribution in [0.15, 0.2) is 18.2 Å². The highest BCUT2D eigenvalue weighted by Crippen LogP contribution is 2.26. The van der Waals surface area contributed by atoms with Crippen LogP contribution >= 0.6 is 15.9 Å². The Morgan fingerprint density at radius 2 is 2.10 bits per heavy atom. The standard InChI is InChI=1S/C15H21BrO4/c1-4-5-11(9-16)10-20-14-8-12(18-2)6-7-13(14)15(17)19-3/h6-8,11H,4-5,9-10H2,1-3H3. The van der Waals surface area contributed by atoms with Gasteiger partial charge in [-0.1, -0.05) is 29.3 Å². The van der Waals surface area contributed by atoms with Gasteiger partial charge in [-0.05, 0) is 18.6 Å². The zero-order valence-electron chi connectivity index (χ0n) is 12.1. The molecule has 0 radical (unpaired) electrons. The molecule has 0 aliphatic heterocycles. The highest BCUT2D eigenvalue weighted by Gasteiger charge is 2.16. The molecule has 0 fully saturated rings. The Balaban J connectivity index is 2.87. The van der Waals surface area contributed by atoms with E-state index in [1.54, 1.807) is 25.3 Å². The number of alkyl halides is 1. The van der Waals surface area contributed by atoms with Gasteiger partial charge in [0.15, 0.2) is 0 Å². The van der Waals surface area contributed by atoms with Crippen LogP contribution in [0.1, 0.15) is 30.1 Å². The summed E-state index contributed by atoms with van der Waals surface area (Å²) >= 11 is 3.48. The molecule has 1 rings (SSSR count). The summed E-state index contributed by atoms with van der Waals surface area (Å²) in [4.78, 5) is 11.7. The zero-order valence-corrected chi connectivity index (χ0v) is 13.7. The molecule has 1 aromatic carbocycles. The van der Waals surface area contributed by atoms with Crippen LogP contribution in [0.2, 0.25) is 0 Å². The maximum absolute atomic E-state index is 11.7. The summed E-state index contributed by atoms with van der Waals surface area (Å²) in [6.07, 6.45) is 2.17. The van der Waals surface area contributed by atoms with Gasteiger partial charge in [0, 0.05) is 17.3 Å². The number of ether oxygens (including phenoxy) is 3. The number of carbonyl (C=O) groups is 1. The summed E-state index contributed by atoms with van der Waals surface area (Å²) in [5, 5.41) is 0.873. The van der Waals surface area contributed by atoms with Gasteiger partial charge in [0.25, 0.3) is 0 Å². The van der Waals surface area contributed by atoms with E-state index in [-0.39, 0.29) is 0 Å². The largest absolute Gasteiger partial charge is 0.497 e. The van der Waals surface area contributed by atoms with E-state index < -0.39 is 5.97 Å². The fraction of sp³-hybridized carbons (Fsp3) is 0.533. The molecular formula is C15H21BrO4. The van der Waals surface area contributed by atoms with E-state index in [1.165, 1.54) is 7.11 Å². The molecular weight excluding hydrogens is 324 g/mol. The molecule has 0 aromatic heterocycles. The average Bonchev–Trinajstić information content (AvgIpc) is 2.50. The second-order valence-electron chi connectivity index (χ2n) is 4.47. The molecule has 20 heavy (non-hydrogen) atoms. The van der Waals surface area contributed by atoms with Crippen LogP contribution in [-0.2, 0) is 4.74 Å². The number of carbonyl (C=O) groups excluding carboxylic acids is 1. The minimum absolute atomic E-state index is 0.409. The molecule has 4 nitrogen and oxygen atoms in total. The second kappa shape index (κ2) is 8.84. The van der Waals surface area contributed by atoms with Crippen molar-refractivity contribution in [2.45, 2.75) is 19.8 Å². The van der Waals surface area contributed by atoms with Crippen LogP contribution in [0.5, 0.6) is 11.5 Å². The number of hydrogen-bond acceptors (Lipinski definition) is 4. The predicted octanol–water partition coefficient (Wildman–Crippen LogP) is 3.67. The third-order valence-electron chi connectivity index (χ3n) is 2.98. The molecule has 112 valence electrons. The number of methoxy groups -OCH3 is 2. The molecule has 0 aliphatic carbocycles. The molecule has 0 amide bonds. The summed E-state index contributed by atoms with van der Waals surface area (Å²) in [7, 11) is 2.93. The van der Waals surface area contributed by atoms with Crippen molar-refractivity contribution in [2.75, 3.05) is 26.2 Å². The Morgan fingerprint density at radius 1 is 1.35 bits per heavy atom. The van der Waals surface area contributed by atoms with Crippen molar-refractivity contribution in [1.82, 2.24) is 0 Å². The lowest BCUT2D eigenvalue weighted by Crippen LogP contribution is -2.15. The van der Waals surface area contributed by atoms with E-state index in [4.69, 9.17) is 14.2 Å². The van der Waals surface area contributed by atoms with Crippen molar-refractivity contribution in [3.63, 3.8) is 0 Å². The SMILES string of the molecule is CCCC(CBr)COc1cc(OC)ccc1C(=O)OC. The average molecular weight is 345 g/mol. The number of hydrogen-bond donors (Lipinski definition) is 0. The smallest absolute Gasteiger partial charge is 0.341 e. The molecule has 5 heteroatoms. The van der Waals surface area contributed by atoms with Gasteiger partial charge >= 0.3 is 5.97 Å². The first-order valence-electron chi connectivity index (χ1n) is 6.61. The molecule has 0 saturated heterocycles. The van der Waals surface area contributed by atoms with E-state index in [2.05, 4.69) is 22.9 Å². The van der Waals surface area contributed by atoms with Crippen molar-refractivity contribution in [2.24, 2.45) is 5.92 Å². The molecule has 0 N–H and O–H groups in total. The minimum atomic E-state index is -0.409. The Hall–Kier alpha value is -1.23. The fourth-order valence-corrected chi connectivity index (χ4v) is 2.36. The molecule has 1 aromatic rings. The Labute approximate surface area is 128 Å². The summed E-state index contributed by atoms with van der Waals surface area (Å²) < 4.78 is 15.7. The Kier molecular flexibility index (Phi) is 7.44. The summed E-state index contributed by atoms with van der Waals surface area (Å²) in [5.41, 5.74) is 0.415. The molecule has 1 atom stereocenters. The number of benzene rings is 1. The Bertz CT molecular complexity index is 434. The van der Waals surface area contributed by atoms with Crippen molar-refractivity contribution in [3.8, 4) is 11.5 Å². The van der Waals surface area contributed by atoms with E-state index >= 15 is 0 Å². The number of esters is 1. The van der Waals surface area contributed by atoms with Crippen LogP contribution in [-0.4, -0.2) is 32.1 Å². The molecule has 0 heterocycles. The van der Waals surface area contributed by atoms with Crippen molar-refractivity contribution in [3.05, 3.63) is 23.8 Å². The van der Waals surface area contributed by atoms with Crippen LogP contribution in [0.25, 0.3) is 0 Å². The lowest BCUT2D eigenvalue weighted by atomic mass is 10.1. The van der Waals surface area contributed by atoms with Gasteiger partial charge in [-0.3, -0.25) is 0 Å². The minimum Gasteiger partial charge on any atom is -0.497 e. The van der Waals surface area contributed by atoms with E-state index in [0.717, 1.165) is 18.2 Å². The van der Waals surface area contributed by atoms with Crippen molar-refractivity contribution >= 4 is 21.9 Å². The molecule has 0 saturated carbocycles. The first-order valence-corrected chi connectivity index (χ1v) is 7.73. The Morgan fingerprint density at radius 3 is 2.65 bits per heavy atom. The molecule has 0 spiro atoms. The van der Waals surface area contributed by atoms with Gasteiger partial charge in [0.2, 0.25) is 0 Å². The highest BCUT2D eigenvalue weighted by molar-refractivity contribution is 9.09. The second-order valence-corrected chi connectivity index (χ2v) is 5.12. The number of halogens is 1. The fourth-order valence-electron chi connectivity index (χ4n) is 1.85. The van der Waals surface area contributed by atoms with Crippen molar-refractivity contribution in [1.29, 1.82) is 0 Å². The number of rotatable bonds is 8. The zero-order chi connectivity index (χ0) is 15.0. The van der Waals surface area contributed by atoms with Gasteiger partial charge < -0.3 is 14.2 Å². The highest BCUT2D eigenvalue weighted by atomic mass is 79.9. The third kappa shape index (κ3) is 4.71. The van der Waals surface area contributed by atoms with Crippen LogP contribution in [0.4, 0.5) is 0 Å². The van der Waals surface area contributed by atoms with Crippen LogP contribution in [0.3, 0.4) is 0 Å². The summed E-state index contributed by atoms with van der Waals surface area (Å²) in [5.74, 6) is 1.15. The molecule has 0 aliphatic rings. The normalized spacial score (nSPS) is 11.8. The molecule has 0 bridgehead atoms. The lowest BCUT2D eigenvalue weighted by Gasteiger charge is -2.16. The maximum atomic E-state index is 11.7. The van der Waals surface area contributed by atoms with E-state index in [1.807, 2.05) is 0 Å². The maximum Gasteiger partial charge on any atom is 0.341 e. The first kappa shape index (κ1) is 16.8. The lowest BCUT2D eigenvalue weighted by molar-refractivity contribution is 0.0595. The monoisotopic (exact) mass is 344 g/mol. The van der Waals surface area contributed by atoms with Gasteiger partial charge in [-0.2, -0.15) is 0 Å². The first-order chi connectivity index (χ1) is 9.65. The van der Waals surface area contributed by atoms with E-state index in [0.29, 0.717) is 29.6 Å². The predicted molar refractivity (Wildman–Crippen MR) is 82.0 cm³/mol. The van der Waals surface area contributed by atoms with Gasteiger partial charge in [0.05, 0.1) is 20.8 Å². The van der Waals surface area contributed by atoms with Gasteiger partial charge in [0.1, 0.15) is 17.1 Å². The van der Waals surface area contributed by atoms with Crippen molar-refractivity contribution < 1.29 is 19.0 Å². The summed E-state index contributed by atoms with van der Waals surface area (Å²) in [6, 6.07) is 5.08. The third-order valence-corrected chi connectivity index (χ3v) is 3.90.